The van der Waals surface area contributed by atoms with E-state index in [9.17, 15) is 9.90 Å². The molecule has 1 amide bonds. The highest BCUT2D eigenvalue weighted by Crippen LogP contribution is 2.56. The number of nitrogens with zero attached hydrogens (tertiary/aromatic N) is 2. The van der Waals surface area contributed by atoms with Crippen molar-refractivity contribution in [2.24, 2.45) is 11.3 Å². The molecular formula is C27H35N3O2. The number of hydrogen-bond donors (Lipinski definition) is 2. The molecule has 0 spiro atoms. The summed E-state index contributed by atoms with van der Waals surface area (Å²) in [6, 6.07) is 8.70. The van der Waals surface area contributed by atoms with E-state index in [4.69, 9.17) is 0 Å². The van der Waals surface area contributed by atoms with Crippen LogP contribution in [-0.2, 0) is 4.79 Å². The van der Waals surface area contributed by atoms with Crippen molar-refractivity contribution < 1.29 is 9.90 Å². The molecule has 2 bridgehead atoms. The Balaban J connectivity index is 1.14. The van der Waals surface area contributed by atoms with Crippen molar-refractivity contribution in [1.82, 2.24) is 14.9 Å². The lowest BCUT2D eigenvalue weighted by molar-refractivity contribution is -0.132. The Bertz CT molecular complexity index is 981. The smallest absolute Gasteiger partial charge is 0.223 e. The quantitative estimate of drug-likeness (QED) is 0.698. The fourth-order valence-corrected chi connectivity index (χ4v) is 7.26. The van der Waals surface area contributed by atoms with E-state index >= 15 is 0 Å². The molecule has 1 aliphatic heterocycles. The zero-order valence-electron chi connectivity index (χ0n) is 18.9. The van der Waals surface area contributed by atoms with Crippen molar-refractivity contribution in [3.63, 3.8) is 0 Å². The van der Waals surface area contributed by atoms with E-state index in [1.807, 2.05) is 12.5 Å². The fourth-order valence-electron chi connectivity index (χ4n) is 7.26. The highest BCUT2D eigenvalue weighted by atomic mass is 16.3. The van der Waals surface area contributed by atoms with Crippen molar-refractivity contribution in [1.29, 1.82) is 0 Å². The van der Waals surface area contributed by atoms with Gasteiger partial charge in [0, 0.05) is 17.0 Å². The maximum absolute atomic E-state index is 12.9. The molecule has 1 aromatic carbocycles. The average molecular weight is 434 g/mol. The van der Waals surface area contributed by atoms with Crippen molar-refractivity contribution in [3.8, 4) is 11.3 Å². The molecule has 2 N–H and O–H groups in total. The summed E-state index contributed by atoms with van der Waals surface area (Å²) in [5, 5.41) is 15.1. The minimum Gasteiger partial charge on any atom is -0.392 e. The molecule has 2 atom stereocenters. The third-order valence-electron chi connectivity index (χ3n) is 9.42. The van der Waals surface area contributed by atoms with Gasteiger partial charge in [-0.25, -0.2) is 4.98 Å². The van der Waals surface area contributed by atoms with Crippen LogP contribution in [-0.4, -0.2) is 32.2 Å². The van der Waals surface area contributed by atoms with E-state index in [0.29, 0.717) is 5.91 Å². The second-order valence-electron chi connectivity index (χ2n) is 11.0. The van der Waals surface area contributed by atoms with Crippen molar-refractivity contribution in [3.05, 3.63) is 42.4 Å². The topological polar surface area (TPSA) is 67.2 Å². The predicted molar refractivity (Wildman–Crippen MR) is 124 cm³/mol. The zero-order chi connectivity index (χ0) is 21.8. The molecule has 4 fully saturated rings. The second-order valence-corrected chi connectivity index (χ2v) is 11.0. The molecule has 32 heavy (non-hydrogen) atoms. The molecule has 5 heteroatoms. The lowest BCUT2D eigenvalue weighted by Crippen LogP contribution is -2.60. The van der Waals surface area contributed by atoms with Gasteiger partial charge >= 0.3 is 0 Å². The minimum atomic E-state index is -0.332. The number of amides is 1. The Kier molecular flexibility index (Phi) is 4.94. The van der Waals surface area contributed by atoms with Crippen molar-refractivity contribution in [2.75, 3.05) is 0 Å². The number of carbonyl (C=O) groups excluding carboxylic acids is 1. The van der Waals surface area contributed by atoms with E-state index in [2.05, 4.69) is 39.1 Å². The Morgan fingerprint density at radius 3 is 2.56 bits per heavy atom. The number of hydrogen-bond acceptors (Lipinski definition) is 3. The fraction of sp³-hybridized carbons (Fsp3) is 0.630. The van der Waals surface area contributed by atoms with E-state index in [1.165, 1.54) is 30.4 Å². The van der Waals surface area contributed by atoms with E-state index in [-0.39, 0.29) is 29.0 Å². The summed E-state index contributed by atoms with van der Waals surface area (Å²) >= 11 is 0. The molecule has 5 nitrogen and oxygen atoms in total. The Labute approximate surface area is 190 Å². The van der Waals surface area contributed by atoms with Crippen molar-refractivity contribution in [2.45, 2.75) is 94.7 Å². The lowest BCUT2D eigenvalue weighted by atomic mass is 9.54. The van der Waals surface area contributed by atoms with Crippen LogP contribution < -0.4 is 5.32 Å². The van der Waals surface area contributed by atoms with Crippen LogP contribution in [0.3, 0.4) is 0 Å². The normalized spacial score (nSPS) is 32.3. The molecule has 7 rings (SSSR count). The summed E-state index contributed by atoms with van der Waals surface area (Å²) < 4.78 is 2.24. The van der Waals surface area contributed by atoms with E-state index in [1.54, 1.807) is 0 Å². The Morgan fingerprint density at radius 2 is 1.81 bits per heavy atom. The van der Waals surface area contributed by atoms with Gasteiger partial charge < -0.3 is 15.0 Å². The van der Waals surface area contributed by atoms with Gasteiger partial charge in [0.15, 0.2) is 0 Å². The molecule has 2 heterocycles. The van der Waals surface area contributed by atoms with Gasteiger partial charge in [-0.3, -0.25) is 4.79 Å². The number of fused-ring (bicyclic) bond motifs is 6. The first kappa shape index (κ1) is 20.5. The van der Waals surface area contributed by atoms with Gasteiger partial charge in [-0.2, -0.15) is 0 Å². The summed E-state index contributed by atoms with van der Waals surface area (Å²) in [7, 11) is 0. The average Bonchev–Trinajstić information content (AvgIpc) is 3.43. The first-order valence-electron chi connectivity index (χ1n) is 12.7. The van der Waals surface area contributed by atoms with Crippen LogP contribution in [0.1, 0.15) is 88.7 Å². The molecule has 5 aliphatic rings. The Morgan fingerprint density at radius 1 is 1.09 bits per heavy atom. The molecule has 4 aliphatic carbocycles. The van der Waals surface area contributed by atoms with Crippen LogP contribution in [0.25, 0.3) is 11.3 Å². The third-order valence-corrected chi connectivity index (χ3v) is 9.42. The summed E-state index contributed by atoms with van der Waals surface area (Å²) in [4.78, 5) is 17.3. The monoisotopic (exact) mass is 433 g/mol. The molecule has 0 radical (unpaired) electrons. The molecule has 2 unspecified atom stereocenters. The van der Waals surface area contributed by atoms with E-state index < -0.39 is 0 Å². The van der Waals surface area contributed by atoms with Crippen LogP contribution in [0.4, 0.5) is 0 Å². The van der Waals surface area contributed by atoms with Gasteiger partial charge in [0.1, 0.15) is 0 Å². The molecule has 4 saturated carbocycles. The van der Waals surface area contributed by atoms with Crippen LogP contribution >= 0.6 is 0 Å². The van der Waals surface area contributed by atoms with Crippen molar-refractivity contribution >= 4 is 5.91 Å². The minimum absolute atomic E-state index is 0.00437. The lowest BCUT2D eigenvalue weighted by Gasteiger charge is -2.56. The number of aliphatic hydroxyl groups excluding tert-OH is 1. The third kappa shape index (κ3) is 3.23. The van der Waals surface area contributed by atoms with Crippen LogP contribution in [0.15, 0.2) is 36.8 Å². The van der Waals surface area contributed by atoms with Crippen LogP contribution in [0, 0.1) is 11.3 Å². The summed E-state index contributed by atoms with van der Waals surface area (Å²) in [6.07, 6.45) is 16.1. The summed E-state index contributed by atoms with van der Waals surface area (Å²) in [6.45, 7) is 0. The maximum atomic E-state index is 12.9. The highest BCUT2D eigenvalue weighted by molar-refractivity contribution is 5.79. The number of imidazole rings is 1. The summed E-state index contributed by atoms with van der Waals surface area (Å²) in [5.74, 6) is 0.527. The highest BCUT2D eigenvalue weighted by Gasteiger charge is 2.53. The number of benzene rings is 1. The SMILES string of the molecule is O=C(NC12CCC(C(O)CC3c4ccccc4-c4cncn43)(CC1)CC2)C1CCCCC1. The van der Waals surface area contributed by atoms with E-state index in [0.717, 1.165) is 63.5 Å². The number of aliphatic hydroxyl groups is 1. The number of carbonyl (C=O) groups is 1. The van der Waals surface area contributed by atoms with Crippen LogP contribution in [0.2, 0.25) is 0 Å². The number of nitrogens with one attached hydrogen (secondary N) is 1. The van der Waals surface area contributed by atoms with Gasteiger partial charge in [0.05, 0.1) is 30.4 Å². The predicted octanol–water partition coefficient (Wildman–Crippen LogP) is 4.99. The first-order chi connectivity index (χ1) is 15.6. The largest absolute Gasteiger partial charge is 0.392 e. The van der Waals surface area contributed by atoms with Gasteiger partial charge in [0.25, 0.3) is 0 Å². The van der Waals surface area contributed by atoms with Gasteiger partial charge in [-0.1, -0.05) is 43.5 Å². The molecular weight excluding hydrogens is 398 g/mol. The van der Waals surface area contributed by atoms with Gasteiger partial charge in [-0.15, -0.1) is 0 Å². The van der Waals surface area contributed by atoms with Gasteiger partial charge in [0.2, 0.25) is 5.91 Å². The molecule has 2 aromatic rings. The van der Waals surface area contributed by atoms with Gasteiger partial charge in [-0.05, 0) is 68.8 Å². The summed E-state index contributed by atoms with van der Waals surface area (Å²) in [5.41, 5.74) is 3.69. The first-order valence-corrected chi connectivity index (χ1v) is 12.7. The maximum Gasteiger partial charge on any atom is 0.223 e. The number of rotatable bonds is 5. The molecule has 170 valence electrons. The Hall–Kier alpha value is -2.14. The number of aromatic nitrogens is 2. The second kappa shape index (κ2) is 7.72. The van der Waals surface area contributed by atoms with Crippen LogP contribution in [0.5, 0.6) is 0 Å². The molecule has 1 aromatic heterocycles. The molecule has 0 saturated heterocycles. The standard InChI is InChI=1S/C27H35N3O2/c31-24(16-22-20-8-4-5-9-21(20)23-17-28-18-30(22)23)26-10-13-27(14-11-26,15-12-26)29-25(32)19-6-2-1-3-7-19/h4-5,8-9,17-19,22,24,31H,1-3,6-7,10-16H2,(H,29,32). The zero-order valence-corrected chi connectivity index (χ0v) is 18.9.